The van der Waals surface area contributed by atoms with Gasteiger partial charge in [0.2, 0.25) is 0 Å². The maximum Gasteiger partial charge on any atom is 0.138 e. The Morgan fingerprint density at radius 1 is 1.30 bits per heavy atom. The minimum atomic E-state index is 0.224. The number of nitrogens with zero attached hydrogens (tertiary/aromatic N) is 6. The molecule has 1 saturated heterocycles. The lowest BCUT2D eigenvalue weighted by Gasteiger charge is -2.50. The number of tetrazole rings is 1. The third kappa shape index (κ3) is 1.67. The lowest BCUT2D eigenvalue weighted by atomic mass is 9.64. The minimum Gasteiger partial charge on any atom is -0.291 e. The van der Waals surface area contributed by atoms with Gasteiger partial charge in [-0.2, -0.15) is 0 Å². The van der Waals surface area contributed by atoms with Crippen LogP contribution in [0.1, 0.15) is 24.8 Å². The lowest BCUT2D eigenvalue weighted by Crippen LogP contribution is -2.52. The highest BCUT2D eigenvalue weighted by Gasteiger charge is 2.55. The Kier molecular flexibility index (Phi) is 2.77. The largest absolute Gasteiger partial charge is 0.291 e. The zero-order valence-corrected chi connectivity index (χ0v) is 11.4. The first-order valence-electron chi connectivity index (χ1n) is 7.26. The highest BCUT2D eigenvalue weighted by atomic mass is 15.5. The van der Waals surface area contributed by atoms with Gasteiger partial charge in [0.05, 0.1) is 12.1 Å². The van der Waals surface area contributed by atoms with Crippen LogP contribution in [-0.4, -0.2) is 43.2 Å². The van der Waals surface area contributed by atoms with Gasteiger partial charge in [0.25, 0.3) is 0 Å². The van der Waals surface area contributed by atoms with Crippen LogP contribution < -0.4 is 0 Å². The van der Waals surface area contributed by atoms with Gasteiger partial charge in [-0.3, -0.25) is 9.88 Å². The molecule has 0 radical (unpaired) electrons. The molecule has 0 N–H and O–H groups in total. The van der Waals surface area contributed by atoms with Gasteiger partial charge in [0.15, 0.2) is 0 Å². The quantitative estimate of drug-likeness (QED) is 0.832. The van der Waals surface area contributed by atoms with E-state index in [1.165, 1.54) is 31.4 Å². The third-order valence-electron chi connectivity index (χ3n) is 5.01. The summed E-state index contributed by atoms with van der Waals surface area (Å²) in [6, 6.07) is 4.28. The Balaban J connectivity index is 1.57. The van der Waals surface area contributed by atoms with Crippen LogP contribution in [-0.2, 0) is 12.1 Å². The number of pyridine rings is 1. The highest BCUT2D eigenvalue weighted by molar-refractivity contribution is 5.28. The zero-order chi connectivity index (χ0) is 13.4. The summed E-state index contributed by atoms with van der Waals surface area (Å²) in [6.07, 6.45) is 9.47. The van der Waals surface area contributed by atoms with Crippen molar-refractivity contribution < 1.29 is 0 Å². The second-order valence-corrected chi connectivity index (χ2v) is 5.75. The molecule has 0 amide bonds. The van der Waals surface area contributed by atoms with Gasteiger partial charge in [-0.25, -0.2) is 4.68 Å². The maximum atomic E-state index is 4.32. The first-order valence-corrected chi connectivity index (χ1v) is 7.26. The Hall–Kier alpha value is -1.82. The summed E-state index contributed by atoms with van der Waals surface area (Å²) < 4.78 is 1.81. The van der Waals surface area contributed by atoms with Crippen molar-refractivity contribution in [3.63, 3.8) is 0 Å². The van der Waals surface area contributed by atoms with Gasteiger partial charge in [0, 0.05) is 18.9 Å². The van der Waals surface area contributed by atoms with Crippen LogP contribution in [0.2, 0.25) is 0 Å². The van der Waals surface area contributed by atoms with E-state index in [9.17, 15) is 0 Å². The summed E-state index contributed by atoms with van der Waals surface area (Å²) >= 11 is 0. The standard InChI is InChI=1S/C14H18N6/c1-2-13(10-15-6-1)14-5-3-12(14)4-7-19(14)8-9-20-11-16-17-18-20/h1-2,6,10-12H,3-5,7-9H2/t12-,14-/m0/s1. The average Bonchev–Trinajstić information content (AvgIpc) is 3.05. The molecule has 6 heteroatoms. The van der Waals surface area contributed by atoms with E-state index in [1.807, 2.05) is 17.1 Å². The molecule has 6 nitrogen and oxygen atoms in total. The fraction of sp³-hybridized carbons (Fsp3) is 0.571. The topological polar surface area (TPSA) is 59.7 Å². The van der Waals surface area contributed by atoms with Crippen molar-refractivity contribution in [2.75, 3.05) is 13.1 Å². The van der Waals surface area contributed by atoms with Gasteiger partial charge >= 0.3 is 0 Å². The summed E-state index contributed by atoms with van der Waals surface area (Å²) in [6.45, 7) is 3.01. The predicted molar refractivity (Wildman–Crippen MR) is 72.6 cm³/mol. The van der Waals surface area contributed by atoms with Crippen LogP contribution in [0.25, 0.3) is 0 Å². The smallest absolute Gasteiger partial charge is 0.138 e. The predicted octanol–water partition coefficient (Wildman–Crippen LogP) is 1.08. The maximum absolute atomic E-state index is 4.32. The number of aromatic nitrogens is 5. The van der Waals surface area contributed by atoms with Crippen LogP contribution in [0, 0.1) is 5.92 Å². The van der Waals surface area contributed by atoms with Crippen LogP contribution in [0.5, 0.6) is 0 Å². The molecule has 0 spiro atoms. The van der Waals surface area contributed by atoms with Crippen molar-refractivity contribution >= 4 is 0 Å². The summed E-state index contributed by atoms with van der Waals surface area (Å²) in [5, 5.41) is 11.3. The SMILES string of the molecule is c1cncc([C@]23CC[C@H]2CCN3CCn2cnnn2)c1. The van der Waals surface area contributed by atoms with Crippen LogP contribution >= 0.6 is 0 Å². The van der Waals surface area contributed by atoms with E-state index in [-0.39, 0.29) is 5.54 Å². The molecule has 2 aliphatic rings. The monoisotopic (exact) mass is 270 g/mol. The van der Waals surface area contributed by atoms with Crippen molar-refractivity contribution in [1.29, 1.82) is 0 Å². The Labute approximate surface area is 117 Å². The van der Waals surface area contributed by atoms with Gasteiger partial charge in [-0.1, -0.05) is 6.07 Å². The molecule has 2 fully saturated rings. The third-order valence-corrected chi connectivity index (χ3v) is 5.01. The molecule has 0 aromatic carbocycles. The fourth-order valence-corrected chi connectivity index (χ4v) is 3.93. The van der Waals surface area contributed by atoms with E-state index >= 15 is 0 Å². The molecule has 2 atom stereocenters. The van der Waals surface area contributed by atoms with Gasteiger partial charge in [0.1, 0.15) is 6.33 Å². The fourth-order valence-electron chi connectivity index (χ4n) is 3.93. The van der Waals surface area contributed by atoms with E-state index in [2.05, 4.69) is 37.5 Å². The Bertz CT molecular complexity index is 569. The summed E-state index contributed by atoms with van der Waals surface area (Å²) in [7, 11) is 0. The van der Waals surface area contributed by atoms with Gasteiger partial charge in [-0.05, 0) is 53.8 Å². The van der Waals surface area contributed by atoms with Gasteiger partial charge < -0.3 is 0 Å². The second-order valence-electron chi connectivity index (χ2n) is 5.75. The summed E-state index contributed by atoms with van der Waals surface area (Å²) in [4.78, 5) is 6.93. The van der Waals surface area contributed by atoms with Crippen LogP contribution in [0.4, 0.5) is 0 Å². The molecule has 4 rings (SSSR count). The molecule has 1 aliphatic carbocycles. The van der Waals surface area contributed by atoms with E-state index in [0.29, 0.717) is 0 Å². The zero-order valence-electron chi connectivity index (χ0n) is 11.4. The Morgan fingerprint density at radius 3 is 3.00 bits per heavy atom. The van der Waals surface area contributed by atoms with Crippen molar-refractivity contribution in [2.45, 2.75) is 31.3 Å². The first kappa shape index (κ1) is 12.0. The van der Waals surface area contributed by atoms with Crippen molar-refractivity contribution in [1.82, 2.24) is 30.1 Å². The van der Waals surface area contributed by atoms with Crippen molar-refractivity contribution in [3.05, 3.63) is 36.4 Å². The number of likely N-dealkylation sites (tertiary alicyclic amines) is 1. The number of rotatable bonds is 4. The Morgan fingerprint density at radius 2 is 2.30 bits per heavy atom. The van der Waals surface area contributed by atoms with Crippen molar-refractivity contribution in [3.8, 4) is 0 Å². The van der Waals surface area contributed by atoms with E-state index in [1.54, 1.807) is 6.33 Å². The molecule has 0 bridgehead atoms. The molecule has 1 saturated carbocycles. The first-order chi connectivity index (χ1) is 9.89. The molecule has 3 heterocycles. The normalized spacial score (nSPS) is 29.1. The molecule has 2 aromatic rings. The van der Waals surface area contributed by atoms with Crippen LogP contribution in [0.3, 0.4) is 0 Å². The van der Waals surface area contributed by atoms with E-state index < -0.39 is 0 Å². The average molecular weight is 270 g/mol. The molecular weight excluding hydrogens is 252 g/mol. The molecule has 104 valence electrons. The molecule has 20 heavy (non-hydrogen) atoms. The second kappa shape index (κ2) is 4.63. The van der Waals surface area contributed by atoms with Crippen molar-refractivity contribution in [2.24, 2.45) is 5.92 Å². The molecule has 0 unspecified atom stereocenters. The minimum absolute atomic E-state index is 0.224. The number of hydrogen-bond donors (Lipinski definition) is 0. The molecule has 1 aliphatic heterocycles. The summed E-state index contributed by atoms with van der Waals surface area (Å²) in [5.74, 6) is 0.792. The number of hydrogen-bond acceptors (Lipinski definition) is 5. The number of fused-ring (bicyclic) bond motifs is 1. The van der Waals surface area contributed by atoms with Gasteiger partial charge in [-0.15, -0.1) is 5.10 Å². The lowest BCUT2D eigenvalue weighted by molar-refractivity contribution is 0.0112. The molecule has 2 aromatic heterocycles. The summed E-state index contributed by atoms with van der Waals surface area (Å²) in [5.41, 5.74) is 1.60. The van der Waals surface area contributed by atoms with E-state index in [4.69, 9.17) is 0 Å². The van der Waals surface area contributed by atoms with Crippen LogP contribution in [0.15, 0.2) is 30.9 Å². The molecular formula is C14H18N6. The van der Waals surface area contributed by atoms with E-state index in [0.717, 1.165) is 19.0 Å². The highest BCUT2D eigenvalue weighted by Crippen LogP contribution is 2.56.